The van der Waals surface area contributed by atoms with E-state index < -0.39 is 5.41 Å². The maximum absolute atomic E-state index is 6.92. The van der Waals surface area contributed by atoms with Crippen LogP contribution >= 0.6 is 0 Å². The van der Waals surface area contributed by atoms with Crippen molar-refractivity contribution < 1.29 is 18.9 Å². The summed E-state index contributed by atoms with van der Waals surface area (Å²) in [6.07, 6.45) is 1.49. The monoisotopic (exact) mass is 782 g/mol. The summed E-state index contributed by atoms with van der Waals surface area (Å²) >= 11 is 0. The lowest BCUT2D eigenvalue weighted by Gasteiger charge is -2.41. The SMILES string of the molecule is c1ccc(COc2cc(CC34Cc5cc(OCc6ccccc6)cc(OCc6ccccc6)c5C(c5ccccc53)c3ccccc34)cc(OCc3ccccc3)c2)cc1. The lowest BCUT2D eigenvalue weighted by molar-refractivity contribution is 0.287. The van der Waals surface area contributed by atoms with E-state index in [-0.39, 0.29) is 5.92 Å². The Morgan fingerprint density at radius 3 is 1.25 bits per heavy atom. The van der Waals surface area contributed by atoms with Crippen LogP contribution < -0.4 is 18.9 Å². The largest absolute Gasteiger partial charge is 0.489 e. The zero-order chi connectivity index (χ0) is 40.1. The molecule has 0 unspecified atom stereocenters. The van der Waals surface area contributed by atoms with Crippen molar-refractivity contribution in [1.29, 1.82) is 0 Å². The number of benzene rings is 8. The van der Waals surface area contributed by atoms with Crippen LogP contribution in [0.15, 0.2) is 200 Å². The molecular weight excluding hydrogens is 737 g/mol. The highest BCUT2D eigenvalue weighted by Crippen LogP contribution is 2.58. The smallest absolute Gasteiger partial charge is 0.127 e. The molecule has 0 saturated carbocycles. The van der Waals surface area contributed by atoms with Crippen LogP contribution in [0.4, 0.5) is 0 Å². The number of hydrogen-bond acceptors (Lipinski definition) is 4. The summed E-state index contributed by atoms with van der Waals surface area (Å²) in [4.78, 5) is 0. The number of rotatable bonds is 14. The van der Waals surface area contributed by atoms with E-state index in [2.05, 4.69) is 146 Å². The quantitative estimate of drug-likeness (QED) is 0.110. The van der Waals surface area contributed by atoms with Gasteiger partial charge in [-0.15, -0.1) is 0 Å². The van der Waals surface area contributed by atoms with Crippen LogP contribution in [-0.4, -0.2) is 0 Å². The molecule has 3 aliphatic rings. The van der Waals surface area contributed by atoms with E-state index in [4.69, 9.17) is 18.9 Å². The van der Waals surface area contributed by atoms with E-state index in [1.165, 1.54) is 33.4 Å². The molecule has 3 aliphatic carbocycles. The minimum atomic E-state index is -0.418. The fourth-order valence-corrected chi connectivity index (χ4v) is 9.30. The van der Waals surface area contributed by atoms with Gasteiger partial charge >= 0.3 is 0 Å². The Hall–Kier alpha value is -7.04. The van der Waals surface area contributed by atoms with Crippen LogP contribution in [0, 0.1) is 0 Å². The van der Waals surface area contributed by atoms with Crippen molar-refractivity contribution in [3.8, 4) is 23.0 Å². The Bertz CT molecular complexity index is 2600. The van der Waals surface area contributed by atoms with Gasteiger partial charge in [0, 0.05) is 29.0 Å². The van der Waals surface area contributed by atoms with Gasteiger partial charge in [0.15, 0.2) is 0 Å². The Morgan fingerprint density at radius 1 is 0.383 bits per heavy atom. The molecule has 0 amide bonds. The third-order valence-corrected chi connectivity index (χ3v) is 12.0. The Kier molecular flexibility index (Phi) is 10.4. The van der Waals surface area contributed by atoms with Crippen LogP contribution in [0.3, 0.4) is 0 Å². The lowest BCUT2D eigenvalue weighted by Crippen LogP contribution is -2.37. The van der Waals surface area contributed by atoms with Gasteiger partial charge in [0.1, 0.15) is 49.4 Å². The molecule has 0 heterocycles. The predicted octanol–water partition coefficient (Wildman–Crippen LogP) is 12.6. The molecule has 0 fully saturated rings. The van der Waals surface area contributed by atoms with Gasteiger partial charge in [-0.2, -0.15) is 0 Å². The minimum Gasteiger partial charge on any atom is -0.489 e. The second-order valence-corrected chi connectivity index (χ2v) is 15.9. The average Bonchev–Trinajstić information content (AvgIpc) is 3.51. The summed E-state index contributed by atoms with van der Waals surface area (Å²) in [5.41, 5.74) is 13.0. The third kappa shape index (κ3) is 7.65. The molecule has 60 heavy (non-hydrogen) atoms. The summed E-state index contributed by atoms with van der Waals surface area (Å²) in [7, 11) is 0. The molecule has 8 aromatic rings. The third-order valence-electron chi connectivity index (χ3n) is 12.0. The first kappa shape index (κ1) is 37.2. The Morgan fingerprint density at radius 2 is 0.783 bits per heavy atom. The normalized spacial score (nSPS) is 15.8. The lowest BCUT2D eigenvalue weighted by atomic mass is 9.61. The van der Waals surface area contributed by atoms with Crippen LogP contribution in [0.25, 0.3) is 0 Å². The summed E-state index contributed by atoms with van der Waals surface area (Å²) < 4.78 is 26.7. The molecule has 294 valence electrons. The second kappa shape index (κ2) is 16.7. The summed E-state index contributed by atoms with van der Waals surface area (Å²) in [5.74, 6) is 3.22. The van der Waals surface area contributed by atoms with Crippen LogP contribution in [0.5, 0.6) is 23.0 Å². The van der Waals surface area contributed by atoms with Gasteiger partial charge in [0.25, 0.3) is 0 Å². The van der Waals surface area contributed by atoms with Crippen molar-refractivity contribution in [2.24, 2.45) is 0 Å². The Balaban J connectivity index is 1.10. The summed E-state index contributed by atoms with van der Waals surface area (Å²) in [6.45, 7) is 1.85. The molecule has 0 radical (unpaired) electrons. The predicted molar refractivity (Wildman–Crippen MR) is 238 cm³/mol. The summed E-state index contributed by atoms with van der Waals surface area (Å²) in [5, 5.41) is 0. The van der Waals surface area contributed by atoms with Crippen molar-refractivity contribution in [3.05, 3.63) is 261 Å². The van der Waals surface area contributed by atoms with E-state index in [1.807, 2.05) is 54.6 Å². The van der Waals surface area contributed by atoms with Gasteiger partial charge in [0.05, 0.1) is 0 Å². The fourth-order valence-electron chi connectivity index (χ4n) is 9.30. The average molecular weight is 783 g/mol. The van der Waals surface area contributed by atoms with Crippen LogP contribution in [0.2, 0.25) is 0 Å². The Labute approximate surface area is 352 Å². The van der Waals surface area contributed by atoms with Gasteiger partial charge in [0.2, 0.25) is 0 Å². The van der Waals surface area contributed by atoms with Gasteiger partial charge in [-0.05, 0) is 86.7 Å². The van der Waals surface area contributed by atoms with Gasteiger partial charge in [-0.3, -0.25) is 0 Å². The molecule has 8 aromatic carbocycles. The minimum absolute atomic E-state index is 0.0118. The molecule has 4 nitrogen and oxygen atoms in total. The molecular formula is C56H46O4. The number of hydrogen-bond donors (Lipinski definition) is 0. The van der Waals surface area contributed by atoms with Crippen molar-refractivity contribution in [2.75, 3.05) is 0 Å². The molecule has 11 rings (SSSR count). The van der Waals surface area contributed by atoms with Gasteiger partial charge < -0.3 is 18.9 Å². The van der Waals surface area contributed by atoms with Crippen molar-refractivity contribution >= 4 is 0 Å². The topological polar surface area (TPSA) is 36.9 Å². The van der Waals surface area contributed by atoms with Crippen molar-refractivity contribution in [2.45, 2.75) is 50.6 Å². The summed E-state index contributed by atoms with van der Waals surface area (Å²) in [6, 6.07) is 70.4. The van der Waals surface area contributed by atoms with E-state index >= 15 is 0 Å². The van der Waals surface area contributed by atoms with Gasteiger partial charge in [-0.25, -0.2) is 0 Å². The molecule has 0 atom stereocenters. The molecule has 0 aliphatic heterocycles. The first-order valence-electron chi connectivity index (χ1n) is 20.8. The zero-order valence-corrected chi connectivity index (χ0v) is 33.5. The van der Waals surface area contributed by atoms with E-state index in [9.17, 15) is 0 Å². The van der Waals surface area contributed by atoms with E-state index in [0.717, 1.165) is 63.7 Å². The van der Waals surface area contributed by atoms with E-state index in [0.29, 0.717) is 26.4 Å². The van der Waals surface area contributed by atoms with Crippen LogP contribution in [-0.2, 0) is 44.7 Å². The van der Waals surface area contributed by atoms with Crippen molar-refractivity contribution in [1.82, 2.24) is 0 Å². The first-order chi connectivity index (χ1) is 29.7. The van der Waals surface area contributed by atoms with E-state index in [1.54, 1.807) is 0 Å². The number of ether oxygens (including phenoxy) is 4. The van der Waals surface area contributed by atoms with Crippen molar-refractivity contribution in [3.63, 3.8) is 0 Å². The highest BCUT2D eigenvalue weighted by atomic mass is 16.5. The zero-order valence-electron chi connectivity index (χ0n) is 33.5. The van der Waals surface area contributed by atoms with Gasteiger partial charge in [-0.1, -0.05) is 170 Å². The molecule has 4 heteroatoms. The molecule has 2 bridgehead atoms. The molecule has 0 saturated heterocycles. The molecule has 0 N–H and O–H groups in total. The molecule has 0 aromatic heterocycles. The second-order valence-electron chi connectivity index (χ2n) is 15.9. The highest BCUT2D eigenvalue weighted by Gasteiger charge is 2.49. The van der Waals surface area contributed by atoms with Crippen LogP contribution in [0.1, 0.15) is 67.1 Å². The first-order valence-corrected chi connectivity index (χ1v) is 20.8. The fraction of sp³-hybridized carbons (Fsp3) is 0.143. The maximum Gasteiger partial charge on any atom is 0.127 e. The standard InChI is InChI=1S/C56H46O4/c1-5-17-40(18-6-1)36-57-46-29-44(30-47(32-46)58-37-41-19-7-2-8-20-41)34-56-35-45-31-48(59-38-42-21-9-3-10-22-42)33-53(60-39-43-23-11-4-12-24-43)54(45)55(49-25-13-15-27-51(49)56)50-26-14-16-28-52(50)56/h1-33,55H,34-39H2. The molecule has 0 spiro atoms. The highest BCUT2D eigenvalue weighted by molar-refractivity contribution is 5.69. The maximum atomic E-state index is 6.92.